The number of rotatable bonds is 4. The fraction of sp³-hybridized carbons (Fsp3) is 0.238. The van der Waals surface area contributed by atoms with E-state index in [9.17, 15) is 10.1 Å². The number of nitrogens with two attached hydrogens (primary N) is 1. The van der Waals surface area contributed by atoms with Crippen molar-refractivity contribution in [2.75, 3.05) is 6.61 Å². The monoisotopic (exact) mass is 348 g/mol. The van der Waals surface area contributed by atoms with E-state index in [1.54, 1.807) is 6.92 Å². The summed E-state index contributed by atoms with van der Waals surface area (Å²) < 4.78 is 10.9. The normalized spacial score (nSPS) is 17.0. The summed E-state index contributed by atoms with van der Waals surface area (Å²) in [6.07, 6.45) is 0.467. The van der Waals surface area contributed by atoms with Crippen LogP contribution in [0.25, 0.3) is 10.8 Å². The molecule has 1 aliphatic rings. The number of nitrogens with zero attached hydrogens (tertiary/aromatic N) is 1. The summed E-state index contributed by atoms with van der Waals surface area (Å²) in [5.41, 5.74) is 7.41. The second-order valence-corrected chi connectivity index (χ2v) is 5.90. The fourth-order valence-electron chi connectivity index (χ4n) is 3.33. The van der Waals surface area contributed by atoms with E-state index in [1.165, 1.54) is 0 Å². The van der Waals surface area contributed by atoms with Gasteiger partial charge in [-0.25, -0.2) is 4.79 Å². The molecule has 132 valence electrons. The first-order chi connectivity index (χ1) is 12.6. The van der Waals surface area contributed by atoms with Gasteiger partial charge in [-0.1, -0.05) is 49.4 Å². The van der Waals surface area contributed by atoms with Crippen molar-refractivity contribution in [1.82, 2.24) is 0 Å². The average molecular weight is 348 g/mol. The van der Waals surface area contributed by atoms with Gasteiger partial charge in [0.25, 0.3) is 0 Å². The highest BCUT2D eigenvalue weighted by atomic mass is 16.5. The molecule has 0 aliphatic carbocycles. The maximum Gasteiger partial charge on any atom is 0.338 e. The SMILES string of the molecule is CCOC(=O)C1=C(CC)OC(N)=C(C#N)[C@H]1c1cccc2ccccc12. The van der Waals surface area contributed by atoms with Gasteiger partial charge in [-0.15, -0.1) is 0 Å². The molecule has 0 bridgehead atoms. The van der Waals surface area contributed by atoms with Crippen LogP contribution in [0.15, 0.2) is 65.3 Å². The van der Waals surface area contributed by atoms with E-state index >= 15 is 0 Å². The van der Waals surface area contributed by atoms with Crippen LogP contribution in [0.5, 0.6) is 0 Å². The number of hydrogen-bond acceptors (Lipinski definition) is 5. The number of carbonyl (C=O) groups excluding carboxylic acids is 1. The highest BCUT2D eigenvalue weighted by Gasteiger charge is 2.37. The molecular formula is C21H20N2O3. The van der Waals surface area contributed by atoms with Crippen LogP contribution < -0.4 is 5.73 Å². The molecule has 1 heterocycles. The van der Waals surface area contributed by atoms with Crippen LogP contribution >= 0.6 is 0 Å². The van der Waals surface area contributed by atoms with Crippen LogP contribution in [0.1, 0.15) is 31.7 Å². The molecule has 0 saturated heterocycles. The van der Waals surface area contributed by atoms with Crippen LogP contribution in [-0.4, -0.2) is 12.6 Å². The molecule has 1 aliphatic heterocycles. The zero-order valence-electron chi connectivity index (χ0n) is 14.8. The molecule has 0 saturated carbocycles. The average Bonchev–Trinajstić information content (AvgIpc) is 2.66. The lowest BCUT2D eigenvalue weighted by atomic mass is 9.80. The predicted octanol–water partition coefficient (Wildman–Crippen LogP) is 3.87. The Bertz CT molecular complexity index is 961. The molecule has 0 spiro atoms. The number of carbonyl (C=O) groups is 1. The van der Waals surface area contributed by atoms with Gasteiger partial charge in [0.05, 0.1) is 18.1 Å². The first-order valence-corrected chi connectivity index (χ1v) is 8.57. The van der Waals surface area contributed by atoms with Crippen LogP contribution in [0.4, 0.5) is 0 Å². The Morgan fingerprint density at radius 1 is 1.23 bits per heavy atom. The van der Waals surface area contributed by atoms with E-state index < -0.39 is 11.9 Å². The molecule has 26 heavy (non-hydrogen) atoms. The van der Waals surface area contributed by atoms with Gasteiger partial charge < -0.3 is 15.2 Å². The smallest absolute Gasteiger partial charge is 0.338 e. The van der Waals surface area contributed by atoms with Gasteiger partial charge in [-0.2, -0.15) is 5.26 Å². The van der Waals surface area contributed by atoms with Crippen molar-refractivity contribution in [2.24, 2.45) is 5.73 Å². The third-order valence-corrected chi connectivity index (χ3v) is 4.45. The minimum Gasteiger partial charge on any atom is -0.463 e. The van der Waals surface area contributed by atoms with Gasteiger partial charge in [0, 0.05) is 6.42 Å². The van der Waals surface area contributed by atoms with Crippen molar-refractivity contribution in [3.63, 3.8) is 0 Å². The van der Waals surface area contributed by atoms with Gasteiger partial charge >= 0.3 is 5.97 Å². The van der Waals surface area contributed by atoms with Crippen molar-refractivity contribution in [1.29, 1.82) is 5.26 Å². The second kappa shape index (κ2) is 7.32. The Balaban J connectivity index is 2.30. The Morgan fingerprint density at radius 2 is 1.96 bits per heavy atom. The molecule has 0 fully saturated rings. The molecule has 0 aromatic heterocycles. The van der Waals surface area contributed by atoms with Gasteiger partial charge in [0.1, 0.15) is 17.4 Å². The van der Waals surface area contributed by atoms with E-state index in [0.29, 0.717) is 17.8 Å². The summed E-state index contributed by atoms with van der Waals surface area (Å²) in [5.74, 6) is -0.621. The van der Waals surface area contributed by atoms with Crippen molar-refractivity contribution >= 4 is 16.7 Å². The molecule has 3 rings (SSSR count). The Morgan fingerprint density at radius 3 is 2.65 bits per heavy atom. The third-order valence-electron chi connectivity index (χ3n) is 4.45. The molecular weight excluding hydrogens is 328 g/mol. The quantitative estimate of drug-likeness (QED) is 0.848. The first-order valence-electron chi connectivity index (χ1n) is 8.57. The van der Waals surface area contributed by atoms with Crippen LogP contribution in [0, 0.1) is 11.3 Å². The highest BCUT2D eigenvalue weighted by Crippen LogP contribution is 2.42. The molecule has 2 aromatic rings. The van der Waals surface area contributed by atoms with Crippen molar-refractivity contribution in [3.05, 3.63) is 70.8 Å². The van der Waals surface area contributed by atoms with Gasteiger partial charge in [-0.05, 0) is 23.3 Å². The summed E-state index contributed by atoms with van der Waals surface area (Å²) in [7, 11) is 0. The minimum atomic E-state index is -0.617. The molecule has 1 atom stereocenters. The number of nitriles is 1. The molecule has 0 radical (unpaired) electrons. The minimum absolute atomic E-state index is 0.0373. The second-order valence-electron chi connectivity index (χ2n) is 5.90. The summed E-state index contributed by atoms with van der Waals surface area (Å²) in [6.45, 7) is 3.86. The largest absolute Gasteiger partial charge is 0.463 e. The van der Waals surface area contributed by atoms with E-state index in [-0.39, 0.29) is 18.1 Å². The number of esters is 1. The maximum absolute atomic E-state index is 12.7. The number of benzene rings is 2. The van der Waals surface area contributed by atoms with Crippen molar-refractivity contribution in [3.8, 4) is 6.07 Å². The predicted molar refractivity (Wildman–Crippen MR) is 98.6 cm³/mol. The number of hydrogen-bond donors (Lipinski definition) is 1. The maximum atomic E-state index is 12.7. The Kier molecular flexibility index (Phi) is 4.94. The summed E-state index contributed by atoms with van der Waals surface area (Å²) in [4.78, 5) is 12.7. The summed E-state index contributed by atoms with van der Waals surface area (Å²) in [6, 6.07) is 15.8. The third kappa shape index (κ3) is 2.91. The van der Waals surface area contributed by atoms with Crippen LogP contribution in [0.3, 0.4) is 0 Å². The molecule has 2 N–H and O–H groups in total. The molecule has 5 nitrogen and oxygen atoms in total. The number of allylic oxidation sites excluding steroid dienone is 2. The van der Waals surface area contributed by atoms with Crippen LogP contribution in [0.2, 0.25) is 0 Å². The fourth-order valence-corrected chi connectivity index (χ4v) is 3.33. The van der Waals surface area contributed by atoms with Crippen LogP contribution in [-0.2, 0) is 14.3 Å². The Hall–Kier alpha value is -3.26. The van der Waals surface area contributed by atoms with Gasteiger partial charge in [0.2, 0.25) is 5.88 Å². The van der Waals surface area contributed by atoms with E-state index in [0.717, 1.165) is 16.3 Å². The number of fused-ring (bicyclic) bond motifs is 1. The number of ether oxygens (including phenoxy) is 2. The standard InChI is InChI=1S/C21H20N2O3/c1-3-17-19(21(24)25-4-2)18(16(12-22)20(23)26-17)15-11-7-9-13-8-5-6-10-14(13)15/h5-11,18H,3-4,23H2,1-2H3/t18-/m1/s1. The lowest BCUT2D eigenvalue weighted by Gasteiger charge is -2.28. The van der Waals surface area contributed by atoms with E-state index in [1.807, 2.05) is 49.4 Å². The summed E-state index contributed by atoms with van der Waals surface area (Å²) >= 11 is 0. The van der Waals surface area contributed by atoms with E-state index in [2.05, 4.69) is 6.07 Å². The van der Waals surface area contributed by atoms with Gasteiger partial charge in [0.15, 0.2) is 0 Å². The highest BCUT2D eigenvalue weighted by molar-refractivity contribution is 5.95. The van der Waals surface area contributed by atoms with Crippen molar-refractivity contribution in [2.45, 2.75) is 26.2 Å². The van der Waals surface area contributed by atoms with E-state index in [4.69, 9.17) is 15.2 Å². The lowest BCUT2D eigenvalue weighted by Crippen LogP contribution is -2.26. The molecule has 0 amide bonds. The lowest BCUT2D eigenvalue weighted by molar-refractivity contribution is -0.139. The zero-order chi connectivity index (χ0) is 18.7. The summed E-state index contributed by atoms with van der Waals surface area (Å²) in [5, 5.41) is 11.7. The van der Waals surface area contributed by atoms with Gasteiger partial charge in [-0.3, -0.25) is 0 Å². The molecule has 5 heteroatoms. The Labute approximate surface area is 152 Å². The zero-order valence-corrected chi connectivity index (χ0v) is 14.8. The van der Waals surface area contributed by atoms with Crippen molar-refractivity contribution < 1.29 is 14.3 Å². The molecule has 0 unspecified atom stereocenters. The molecule has 2 aromatic carbocycles. The topological polar surface area (TPSA) is 85.3 Å². The first kappa shape index (κ1) is 17.6.